The van der Waals surface area contributed by atoms with E-state index in [-0.39, 0.29) is 5.69 Å². The summed E-state index contributed by atoms with van der Waals surface area (Å²) in [4.78, 5) is 14.1. The summed E-state index contributed by atoms with van der Waals surface area (Å²) in [5.74, 6) is 0.918. The number of pyridine rings is 1. The molecule has 0 unspecified atom stereocenters. The minimum Gasteiger partial charge on any atom is -0.439 e. The van der Waals surface area contributed by atoms with Gasteiger partial charge in [-0.05, 0) is 24.6 Å². The van der Waals surface area contributed by atoms with E-state index in [2.05, 4.69) is 4.98 Å². The minimum atomic E-state index is -0.471. The normalized spacial score (nSPS) is 10.2. The molecule has 0 saturated carbocycles. The van der Waals surface area contributed by atoms with Crippen molar-refractivity contribution in [3.8, 4) is 11.6 Å². The molecule has 0 amide bonds. The van der Waals surface area contributed by atoms with Gasteiger partial charge in [0, 0.05) is 18.2 Å². The Labute approximate surface area is 110 Å². The van der Waals surface area contributed by atoms with Crippen LogP contribution in [-0.2, 0) is 6.54 Å². The molecule has 0 fully saturated rings. The second kappa shape index (κ2) is 5.45. The Morgan fingerprint density at radius 3 is 2.84 bits per heavy atom. The fraction of sp³-hybridized carbons (Fsp3) is 0.154. The first-order chi connectivity index (χ1) is 9.10. The van der Waals surface area contributed by atoms with Gasteiger partial charge in [-0.1, -0.05) is 12.1 Å². The summed E-state index contributed by atoms with van der Waals surface area (Å²) < 4.78 is 5.55. The monoisotopic (exact) mass is 259 g/mol. The Bertz CT molecular complexity index is 614. The van der Waals surface area contributed by atoms with Crippen LogP contribution in [0.5, 0.6) is 11.6 Å². The molecule has 0 bridgehead atoms. The first-order valence-corrected chi connectivity index (χ1v) is 5.68. The lowest BCUT2D eigenvalue weighted by atomic mass is 10.2. The Morgan fingerprint density at radius 2 is 2.21 bits per heavy atom. The van der Waals surface area contributed by atoms with Crippen molar-refractivity contribution in [3.05, 3.63) is 57.8 Å². The Hall–Kier alpha value is -2.47. The van der Waals surface area contributed by atoms with E-state index in [0.717, 1.165) is 5.56 Å². The van der Waals surface area contributed by atoms with Crippen molar-refractivity contribution >= 4 is 5.69 Å². The topological polar surface area (TPSA) is 91.3 Å². The van der Waals surface area contributed by atoms with E-state index in [1.807, 2.05) is 12.1 Å². The SMILES string of the molecule is Cc1cc(Oc2cccc(CN)c2)ncc1[N+](=O)[O-]. The van der Waals surface area contributed by atoms with Crippen molar-refractivity contribution in [1.29, 1.82) is 0 Å². The largest absolute Gasteiger partial charge is 0.439 e. The van der Waals surface area contributed by atoms with Crippen molar-refractivity contribution < 1.29 is 9.66 Å². The third-order valence-corrected chi connectivity index (χ3v) is 2.61. The molecule has 0 spiro atoms. The molecule has 6 heteroatoms. The van der Waals surface area contributed by atoms with Crippen LogP contribution in [0.3, 0.4) is 0 Å². The van der Waals surface area contributed by atoms with Gasteiger partial charge in [0.05, 0.1) is 4.92 Å². The van der Waals surface area contributed by atoms with Crippen molar-refractivity contribution in [1.82, 2.24) is 4.98 Å². The molecule has 2 rings (SSSR count). The molecule has 0 saturated heterocycles. The van der Waals surface area contributed by atoms with Crippen LogP contribution in [-0.4, -0.2) is 9.91 Å². The molecule has 0 atom stereocenters. The Kier molecular flexibility index (Phi) is 3.72. The smallest absolute Gasteiger partial charge is 0.290 e. The number of rotatable bonds is 4. The van der Waals surface area contributed by atoms with E-state index in [4.69, 9.17) is 10.5 Å². The zero-order valence-corrected chi connectivity index (χ0v) is 10.4. The van der Waals surface area contributed by atoms with Gasteiger partial charge in [-0.3, -0.25) is 10.1 Å². The van der Waals surface area contributed by atoms with Crippen LogP contribution >= 0.6 is 0 Å². The van der Waals surface area contributed by atoms with Gasteiger partial charge < -0.3 is 10.5 Å². The van der Waals surface area contributed by atoms with Crippen LogP contribution < -0.4 is 10.5 Å². The summed E-state index contributed by atoms with van der Waals surface area (Å²) in [7, 11) is 0. The number of hydrogen-bond acceptors (Lipinski definition) is 5. The maximum absolute atomic E-state index is 10.7. The number of nitrogens with two attached hydrogens (primary N) is 1. The Morgan fingerprint density at radius 1 is 1.42 bits per heavy atom. The average molecular weight is 259 g/mol. The lowest BCUT2D eigenvalue weighted by Gasteiger charge is -2.06. The van der Waals surface area contributed by atoms with E-state index in [0.29, 0.717) is 23.7 Å². The lowest BCUT2D eigenvalue weighted by molar-refractivity contribution is -0.385. The molecular weight excluding hydrogens is 246 g/mol. The second-order valence-corrected chi connectivity index (χ2v) is 4.02. The molecule has 0 aliphatic heterocycles. The third kappa shape index (κ3) is 3.05. The molecule has 0 aliphatic carbocycles. The number of nitro groups is 1. The van der Waals surface area contributed by atoms with Crippen LogP contribution in [0.2, 0.25) is 0 Å². The van der Waals surface area contributed by atoms with Gasteiger partial charge >= 0.3 is 0 Å². The zero-order valence-electron chi connectivity index (χ0n) is 10.4. The second-order valence-electron chi connectivity index (χ2n) is 4.02. The van der Waals surface area contributed by atoms with Crippen molar-refractivity contribution in [3.63, 3.8) is 0 Å². The fourth-order valence-corrected chi connectivity index (χ4v) is 1.63. The third-order valence-electron chi connectivity index (χ3n) is 2.61. The van der Waals surface area contributed by atoms with Crippen LogP contribution in [0.25, 0.3) is 0 Å². The van der Waals surface area contributed by atoms with Crippen molar-refractivity contribution in [2.24, 2.45) is 5.73 Å². The summed E-state index contributed by atoms with van der Waals surface area (Å²) in [6, 6.07) is 8.83. The van der Waals surface area contributed by atoms with E-state index >= 15 is 0 Å². The minimum absolute atomic E-state index is 0.0249. The molecule has 98 valence electrons. The number of nitrogens with zero attached hydrogens (tertiary/aromatic N) is 2. The maximum Gasteiger partial charge on any atom is 0.290 e. The highest BCUT2D eigenvalue weighted by Crippen LogP contribution is 2.24. The maximum atomic E-state index is 10.7. The molecule has 1 heterocycles. The van der Waals surface area contributed by atoms with Gasteiger partial charge in [0.2, 0.25) is 5.88 Å². The number of benzene rings is 1. The highest BCUT2D eigenvalue weighted by Gasteiger charge is 2.12. The number of hydrogen-bond donors (Lipinski definition) is 1. The summed E-state index contributed by atoms with van der Waals surface area (Å²) in [5.41, 5.74) is 6.96. The van der Waals surface area contributed by atoms with Gasteiger partial charge in [0.25, 0.3) is 5.69 Å². The number of aryl methyl sites for hydroxylation is 1. The molecule has 19 heavy (non-hydrogen) atoms. The quantitative estimate of drug-likeness (QED) is 0.673. The van der Waals surface area contributed by atoms with E-state index in [9.17, 15) is 10.1 Å². The lowest BCUT2D eigenvalue weighted by Crippen LogP contribution is -1.97. The molecule has 6 nitrogen and oxygen atoms in total. The number of aromatic nitrogens is 1. The molecule has 1 aromatic heterocycles. The first kappa shape index (κ1) is 13.0. The van der Waals surface area contributed by atoms with Crippen LogP contribution in [0.1, 0.15) is 11.1 Å². The molecule has 2 aromatic rings. The molecule has 1 aromatic carbocycles. The van der Waals surface area contributed by atoms with Crippen LogP contribution in [0, 0.1) is 17.0 Å². The zero-order chi connectivity index (χ0) is 13.8. The highest BCUT2D eigenvalue weighted by atomic mass is 16.6. The average Bonchev–Trinajstić information content (AvgIpc) is 2.38. The number of ether oxygens (including phenoxy) is 1. The van der Waals surface area contributed by atoms with Gasteiger partial charge in [-0.2, -0.15) is 0 Å². The van der Waals surface area contributed by atoms with Crippen LogP contribution in [0.4, 0.5) is 5.69 Å². The van der Waals surface area contributed by atoms with E-state index in [1.54, 1.807) is 19.1 Å². The predicted molar refractivity (Wildman–Crippen MR) is 70.0 cm³/mol. The standard InChI is InChI=1S/C13H13N3O3/c1-9-5-13(15-8-12(9)16(17)18)19-11-4-2-3-10(6-11)7-14/h2-6,8H,7,14H2,1H3. The highest BCUT2D eigenvalue weighted by molar-refractivity contribution is 5.40. The molecular formula is C13H13N3O3. The summed E-state index contributed by atoms with van der Waals surface area (Å²) in [6.45, 7) is 2.06. The summed E-state index contributed by atoms with van der Waals surface area (Å²) >= 11 is 0. The van der Waals surface area contributed by atoms with Crippen LogP contribution in [0.15, 0.2) is 36.5 Å². The van der Waals surface area contributed by atoms with E-state index < -0.39 is 4.92 Å². The van der Waals surface area contributed by atoms with Gasteiger partial charge in [-0.25, -0.2) is 4.98 Å². The fourth-order valence-electron chi connectivity index (χ4n) is 1.63. The Balaban J connectivity index is 2.23. The van der Waals surface area contributed by atoms with E-state index in [1.165, 1.54) is 12.3 Å². The van der Waals surface area contributed by atoms with Crippen molar-refractivity contribution in [2.75, 3.05) is 0 Å². The summed E-state index contributed by atoms with van der Waals surface area (Å²) in [5, 5.41) is 10.7. The predicted octanol–water partition coefficient (Wildman–Crippen LogP) is 2.55. The molecule has 0 aliphatic rings. The van der Waals surface area contributed by atoms with Gasteiger partial charge in [0.1, 0.15) is 11.9 Å². The summed E-state index contributed by atoms with van der Waals surface area (Å²) in [6.07, 6.45) is 1.19. The van der Waals surface area contributed by atoms with Gasteiger partial charge in [-0.15, -0.1) is 0 Å². The van der Waals surface area contributed by atoms with Gasteiger partial charge in [0.15, 0.2) is 0 Å². The molecule has 0 radical (unpaired) electrons. The molecule has 2 N–H and O–H groups in total. The first-order valence-electron chi connectivity index (χ1n) is 5.68. The van der Waals surface area contributed by atoms with Crippen molar-refractivity contribution in [2.45, 2.75) is 13.5 Å².